The molecule has 0 saturated carbocycles. The quantitative estimate of drug-likeness (QED) is 0.383. The summed E-state index contributed by atoms with van der Waals surface area (Å²) in [6.45, 7) is 4.72. The molecule has 1 saturated heterocycles. The number of rotatable bonds is 8. The van der Waals surface area contributed by atoms with Crippen LogP contribution in [0.1, 0.15) is 38.5 Å². The molecule has 0 aromatic heterocycles. The molecule has 5 nitrogen and oxygen atoms in total. The van der Waals surface area contributed by atoms with Gasteiger partial charge in [0, 0.05) is 19.1 Å². The fourth-order valence-electron chi connectivity index (χ4n) is 1.80. The van der Waals surface area contributed by atoms with Crippen molar-refractivity contribution >= 4 is 11.9 Å². The summed E-state index contributed by atoms with van der Waals surface area (Å²) in [7, 11) is 0. The van der Waals surface area contributed by atoms with E-state index < -0.39 is 5.97 Å². The Hall–Kier alpha value is -1.36. The third-order valence-corrected chi connectivity index (χ3v) is 2.89. The highest BCUT2D eigenvalue weighted by molar-refractivity contribution is 5.81. The van der Waals surface area contributed by atoms with Crippen molar-refractivity contribution in [2.45, 2.75) is 44.6 Å². The van der Waals surface area contributed by atoms with Gasteiger partial charge in [0.25, 0.3) is 0 Å². The van der Waals surface area contributed by atoms with Crippen LogP contribution in [0.4, 0.5) is 0 Å². The van der Waals surface area contributed by atoms with Crippen LogP contribution in [0.3, 0.4) is 0 Å². The Morgan fingerprint density at radius 2 is 2.11 bits per heavy atom. The van der Waals surface area contributed by atoms with Crippen molar-refractivity contribution in [2.24, 2.45) is 0 Å². The van der Waals surface area contributed by atoms with Gasteiger partial charge in [0.2, 0.25) is 0 Å². The van der Waals surface area contributed by atoms with Gasteiger partial charge in [0.15, 0.2) is 0 Å². The minimum absolute atomic E-state index is 0.0613. The molecule has 19 heavy (non-hydrogen) atoms. The van der Waals surface area contributed by atoms with Crippen LogP contribution in [-0.2, 0) is 23.8 Å². The van der Waals surface area contributed by atoms with Gasteiger partial charge in [0.05, 0.1) is 12.7 Å². The summed E-state index contributed by atoms with van der Waals surface area (Å²) in [5.41, 5.74) is 0. The molecule has 0 aromatic carbocycles. The Balaban J connectivity index is 1.95. The largest absolute Gasteiger partial charge is 0.463 e. The fourth-order valence-corrected chi connectivity index (χ4v) is 1.80. The number of unbranched alkanes of at least 4 members (excludes halogenated alkanes) is 1. The van der Waals surface area contributed by atoms with E-state index in [4.69, 9.17) is 14.2 Å². The van der Waals surface area contributed by atoms with Crippen LogP contribution in [-0.4, -0.2) is 37.9 Å². The summed E-state index contributed by atoms with van der Waals surface area (Å²) < 4.78 is 15.4. The zero-order valence-corrected chi connectivity index (χ0v) is 11.3. The van der Waals surface area contributed by atoms with Gasteiger partial charge in [-0.15, -0.1) is 0 Å². The van der Waals surface area contributed by atoms with Crippen molar-refractivity contribution in [1.29, 1.82) is 0 Å². The van der Waals surface area contributed by atoms with Crippen molar-refractivity contribution < 1.29 is 23.8 Å². The van der Waals surface area contributed by atoms with E-state index in [-0.39, 0.29) is 12.1 Å². The fraction of sp³-hybridized carbons (Fsp3) is 0.714. The van der Waals surface area contributed by atoms with Crippen LogP contribution in [0.15, 0.2) is 12.7 Å². The number of carbonyl (C=O) groups is 2. The Bertz CT molecular complexity index is 294. The van der Waals surface area contributed by atoms with Crippen LogP contribution in [0.25, 0.3) is 0 Å². The third-order valence-electron chi connectivity index (χ3n) is 2.89. The van der Waals surface area contributed by atoms with E-state index in [0.29, 0.717) is 32.5 Å². The first-order chi connectivity index (χ1) is 9.22. The second kappa shape index (κ2) is 9.55. The summed E-state index contributed by atoms with van der Waals surface area (Å²) in [4.78, 5) is 22.2. The maximum absolute atomic E-state index is 11.4. The molecule has 1 atom stereocenters. The lowest BCUT2D eigenvalue weighted by Gasteiger charge is -2.22. The van der Waals surface area contributed by atoms with Gasteiger partial charge in [-0.1, -0.05) is 6.58 Å². The van der Waals surface area contributed by atoms with E-state index in [1.54, 1.807) is 0 Å². The monoisotopic (exact) mass is 270 g/mol. The second-order valence-corrected chi connectivity index (χ2v) is 4.50. The van der Waals surface area contributed by atoms with Gasteiger partial charge in [-0.25, -0.2) is 4.79 Å². The predicted molar refractivity (Wildman–Crippen MR) is 69.6 cm³/mol. The molecule has 1 unspecified atom stereocenters. The van der Waals surface area contributed by atoms with E-state index >= 15 is 0 Å². The van der Waals surface area contributed by atoms with Gasteiger partial charge in [-0.05, 0) is 32.1 Å². The lowest BCUT2D eigenvalue weighted by atomic mass is 10.1. The summed E-state index contributed by atoms with van der Waals surface area (Å²) >= 11 is 0. The summed E-state index contributed by atoms with van der Waals surface area (Å²) in [6, 6.07) is 0. The van der Waals surface area contributed by atoms with Crippen LogP contribution < -0.4 is 0 Å². The van der Waals surface area contributed by atoms with Gasteiger partial charge in [-0.2, -0.15) is 0 Å². The molecule has 0 aromatic rings. The standard InChI is InChI=1S/C14H22O5/c1-2-13(15)18-10-6-4-8-14(16)19-11-12-7-3-5-9-17-12/h2,12H,1,3-11H2. The molecule has 0 aliphatic carbocycles. The third kappa shape index (κ3) is 7.62. The van der Waals surface area contributed by atoms with Crippen LogP contribution >= 0.6 is 0 Å². The smallest absolute Gasteiger partial charge is 0.330 e. The minimum atomic E-state index is -0.433. The molecule has 0 radical (unpaired) electrons. The number of ether oxygens (including phenoxy) is 3. The molecule has 0 amide bonds. The van der Waals surface area contributed by atoms with Crippen molar-refractivity contribution in [3.8, 4) is 0 Å². The van der Waals surface area contributed by atoms with E-state index in [9.17, 15) is 9.59 Å². The average molecular weight is 270 g/mol. The first-order valence-corrected chi connectivity index (χ1v) is 6.79. The molecule has 1 aliphatic rings. The summed E-state index contributed by atoms with van der Waals surface area (Å²) in [6.07, 6.45) is 6.02. The van der Waals surface area contributed by atoms with Gasteiger partial charge < -0.3 is 14.2 Å². The van der Waals surface area contributed by atoms with Crippen molar-refractivity contribution in [3.63, 3.8) is 0 Å². The Kier molecular flexibility index (Phi) is 7.89. The van der Waals surface area contributed by atoms with Gasteiger partial charge in [-0.3, -0.25) is 4.79 Å². The molecule has 0 spiro atoms. The molecular formula is C14H22O5. The van der Waals surface area contributed by atoms with E-state index in [2.05, 4.69) is 6.58 Å². The molecular weight excluding hydrogens is 248 g/mol. The van der Waals surface area contributed by atoms with Crippen LogP contribution in [0, 0.1) is 0 Å². The highest BCUT2D eigenvalue weighted by Crippen LogP contribution is 2.13. The highest BCUT2D eigenvalue weighted by Gasteiger charge is 2.15. The van der Waals surface area contributed by atoms with Gasteiger partial charge >= 0.3 is 11.9 Å². The number of hydrogen-bond donors (Lipinski definition) is 0. The van der Waals surface area contributed by atoms with Crippen molar-refractivity contribution in [3.05, 3.63) is 12.7 Å². The van der Waals surface area contributed by atoms with Crippen molar-refractivity contribution in [1.82, 2.24) is 0 Å². The minimum Gasteiger partial charge on any atom is -0.463 e. The van der Waals surface area contributed by atoms with Gasteiger partial charge in [0.1, 0.15) is 6.61 Å². The van der Waals surface area contributed by atoms with E-state index in [0.717, 1.165) is 31.9 Å². The van der Waals surface area contributed by atoms with E-state index in [1.165, 1.54) is 0 Å². The molecule has 1 rings (SSSR count). The number of hydrogen-bond acceptors (Lipinski definition) is 5. The first-order valence-electron chi connectivity index (χ1n) is 6.79. The summed E-state index contributed by atoms with van der Waals surface area (Å²) in [5, 5.41) is 0. The molecule has 1 aliphatic heterocycles. The Morgan fingerprint density at radius 1 is 1.26 bits per heavy atom. The van der Waals surface area contributed by atoms with Crippen molar-refractivity contribution in [2.75, 3.05) is 19.8 Å². The molecule has 1 heterocycles. The normalized spacial score (nSPS) is 18.6. The first kappa shape index (κ1) is 15.7. The maximum Gasteiger partial charge on any atom is 0.330 e. The molecule has 0 bridgehead atoms. The maximum atomic E-state index is 11.4. The average Bonchev–Trinajstić information content (AvgIpc) is 2.45. The SMILES string of the molecule is C=CC(=O)OCCCCC(=O)OCC1CCCCO1. The Morgan fingerprint density at radius 3 is 2.79 bits per heavy atom. The van der Waals surface area contributed by atoms with Crippen LogP contribution in [0.2, 0.25) is 0 Å². The number of esters is 2. The highest BCUT2D eigenvalue weighted by atomic mass is 16.6. The zero-order valence-electron chi connectivity index (χ0n) is 11.3. The molecule has 0 N–H and O–H groups in total. The second-order valence-electron chi connectivity index (χ2n) is 4.50. The predicted octanol–water partition coefficient (Wildman–Crippen LogP) is 2.00. The lowest BCUT2D eigenvalue weighted by molar-refractivity contribution is -0.149. The summed E-state index contributed by atoms with van der Waals surface area (Å²) in [5.74, 6) is -0.652. The van der Waals surface area contributed by atoms with Crippen LogP contribution in [0.5, 0.6) is 0 Å². The lowest BCUT2D eigenvalue weighted by Crippen LogP contribution is -2.25. The Labute approximate surface area is 113 Å². The molecule has 108 valence electrons. The number of carbonyl (C=O) groups excluding carboxylic acids is 2. The zero-order chi connectivity index (χ0) is 13.9. The molecule has 5 heteroatoms. The topological polar surface area (TPSA) is 61.8 Å². The van der Waals surface area contributed by atoms with E-state index in [1.807, 2.05) is 0 Å². The molecule has 1 fully saturated rings.